The molecule has 0 aromatic carbocycles. The summed E-state index contributed by atoms with van der Waals surface area (Å²) in [7, 11) is 0. The van der Waals surface area contributed by atoms with E-state index in [9.17, 15) is 0 Å². The molecule has 0 bridgehead atoms. The fourth-order valence-corrected chi connectivity index (χ4v) is 7.07. The number of hydrogen-bond donors (Lipinski definition) is 0. The van der Waals surface area contributed by atoms with Crippen molar-refractivity contribution >= 4 is 0 Å². The van der Waals surface area contributed by atoms with Crippen LogP contribution >= 0.6 is 0 Å². The van der Waals surface area contributed by atoms with Crippen LogP contribution in [0.4, 0.5) is 0 Å². The summed E-state index contributed by atoms with van der Waals surface area (Å²) in [6, 6.07) is 0. The maximum Gasteiger partial charge on any atom is -0.0165 e. The number of hydrogen-bond acceptors (Lipinski definition) is 0. The van der Waals surface area contributed by atoms with Crippen molar-refractivity contribution in [3.05, 3.63) is 23.8 Å². The molecule has 0 saturated heterocycles. The highest BCUT2D eigenvalue weighted by molar-refractivity contribution is 5.27. The maximum atomic E-state index is 2.67. The zero-order chi connectivity index (χ0) is 22.4. The van der Waals surface area contributed by atoms with E-state index in [0.29, 0.717) is 0 Å². The highest BCUT2D eigenvalue weighted by Crippen LogP contribution is 2.41. The molecule has 0 heterocycles. The molecule has 0 aromatic rings. The van der Waals surface area contributed by atoms with E-state index in [1.54, 1.807) is 5.57 Å². The topological polar surface area (TPSA) is 0 Å². The van der Waals surface area contributed by atoms with Gasteiger partial charge in [0.2, 0.25) is 0 Å². The average Bonchev–Trinajstić information content (AvgIpc) is 2.85. The van der Waals surface area contributed by atoms with E-state index in [4.69, 9.17) is 0 Å². The van der Waals surface area contributed by atoms with Gasteiger partial charge in [-0.05, 0) is 80.1 Å². The highest BCUT2D eigenvalue weighted by atomic mass is 14.3. The van der Waals surface area contributed by atoms with Crippen LogP contribution in [0.2, 0.25) is 0 Å². The normalized spacial score (nSPS) is 30.9. The summed E-state index contributed by atoms with van der Waals surface area (Å²) in [6.07, 6.45) is 38.7. The van der Waals surface area contributed by atoms with Crippen LogP contribution in [0, 0.1) is 29.6 Å². The first kappa shape index (κ1) is 26.1. The van der Waals surface area contributed by atoms with Crippen molar-refractivity contribution in [2.24, 2.45) is 29.6 Å². The SMILES string of the molecule is CCCCCCCCC1CCC(C2=CCC(C3CCC(CCCCCC)CC3)C=C2)CC1. The summed E-state index contributed by atoms with van der Waals surface area (Å²) in [5, 5.41) is 0. The highest BCUT2D eigenvalue weighted by Gasteiger charge is 2.28. The van der Waals surface area contributed by atoms with E-state index < -0.39 is 0 Å². The van der Waals surface area contributed by atoms with Crippen LogP contribution in [0.15, 0.2) is 23.8 Å². The van der Waals surface area contributed by atoms with Gasteiger partial charge >= 0.3 is 0 Å². The molecule has 0 N–H and O–H groups in total. The van der Waals surface area contributed by atoms with Crippen LogP contribution in [0.25, 0.3) is 0 Å². The summed E-state index contributed by atoms with van der Waals surface area (Å²) >= 11 is 0. The van der Waals surface area contributed by atoms with Crippen molar-refractivity contribution < 1.29 is 0 Å². The van der Waals surface area contributed by atoms with Gasteiger partial charge in [-0.1, -0.05) is 122 Å². The predicted molar refractivity (Wildman–Crippen MR) is 143 cm³/mol. The molecule has 1 unspecified atom stereocenters. The number of rotatable bonds is 14. The molecule has 3 aliphatic carbocycles. The monoisotopic (exact) mass is 440 g/mol. The van der Waals surface area contributed by atoms with Gasteiger partial charge in [0.25, 0.3) is 0 Å². The second-order valence-electron chi connectivity index (χ2n) is 11.9. The Balaban J connectivity index is 1.27. The first-order valence-corrected chi connectivity index (χ1v) is 15.2. The fourth-order valence-electron chi connectivity index (χ4n) is 7.07. The number of allylic oxidation sites excluding steroid dienone is 4. The Morgan fingerprint density at radius 1 is 0.625 bits per heavy atom. The van der Waals surface area contributed by atoms with Gasteiger partial charge in [-0.3, -0.25) is 0 Å². The Morgan fingerprint density at radius 3 is 1.72 bits per heavy atom. The van der Waals surface area contributed by atoms with Gasteiger partial charge in [-0.25, -0.2) is 0 Å². The van der Waals surface area contributed by atoms with Gasteiger partial charge in [-0.2, -0.15) is 0 Å². The molecule has 3 aliphatic rings. The molecule has 0 amide bonds. The molecule has 32 heavy (non-hydrogen) atoms. The first-order valence-electron chi connectivity index (χ1n) is 15.2. The second-order valence-corrected chi connectivity index (χ2v) is 11.9. The van der Waals surface area contributed by atoms with Gasteiger partial charge < -0.3 is 0 Å². The molecule has 0 aliphatic heterocycles. The Kier molecular flexibility index (Phi) is 12.6. The van der Waals surface area contributed by atoms with Crippen molar-refractivity contribution in [3.63, 3.8) is 0 Å². The van der Waals surface area contributed by atoms with Crippen molar-refractivity contribution in [1.29, 1.82) is 0 Å². The van der Waals surface area contributed by atoms with E-state index in [-0.39, 0.29) is 0 Å². The molecular weight excluding hydrogens is 384 g/mol. The third kappa shape index (κ3) is 9.02. The quantitative estimate of drug-likeness (QED) is 0.235. The average molecular weight is 441 g/mol. The molecule has 2 saturated carbocycles. The third-order valence-corrected chi connectivity index (χ3v) is 9.41. The summed E-state index contributed by atoms with van der Waals surface area (Å²) in [6.45, 7) is 4.64. The van der Waals surface area contributed by atoms with Crippen LogP contribution in [0.3, 0.4) is 0 Å². The standard InChI is InChI=1S/C32H56/c1-3-5-7-9-10-12-14-28-17-21-30(22-18-28)32-25-23-31(24-26-32)29-19-15-27(16-20-29)13-11-8-6-4-2/h23,25-31H,3-22,24H2,1-2H3. The van der Waals surface area contributed by atoms with Crippen molar-refractivity contribution in [1.82, 2.24) is 0 Å². The predicted octanol–water partition coefficient (Wildman–Crippen LogP) is 10.8. The maximum absolute atomic E-state index is 2.67. The van der Waals surface area contributed by atoms with E-state index in [2.05, 4.69) is 32.1 Å². The van der Waals surface area contributed by atoms with E-state index in [1.807, 2.05) is 0 Å². The molecular formula is C32H56. The van der Waals surface area contributed by atoms with Crippen LogP contribution in [0.1, 0.15) is 149 Å². The van der Waals surface area contributed by atoms with Crippen molar-refractivity contribution in [2.45, 2.75) is 149 Å². The summed E-state index contributed by atoms with van der Waals surface area (Å²) in [4.78, 5) is 0. The molecule has 2 fully saturated rings. The van der Waals surface area contributed by atoms with E-state index in [0.717, 1.165) is 29.6 Å². The Labute approximate surface area is 202 Å². The van der Waals surface area contributed by atoms with E-state index >= 15 is 0 Å². The van der Waals surface area contributed by atoms with Crippen LogP contribution in [-0.4, -0.2) is 0 Å². The van der Waals surface area contributed by atoms with E-state index in [1.165, 1.54) is 135 Å². The van der Waals surface area contributed by atoms with Gasteiger partial charge in [0, 0.05) is 0 Å². The van der Waals surface area contributed by atoms with Crippen LogP contribution in [0.5, 0.6) is 0 Å². The first-order chi connectivity index (χ1) is 15.8. The molecule has 0 radical (unpaired) electrons. The third-order valence-electron chi connectivity index (χ3n) is 9.41. The minimum absolute atomic E-state index is 0.851. The lowest BCUT2D eigenvalue weighted by Gasteiger charge is -2.35. The second kappa shape index (κ2) is 15.4. The van der Waals surface area contributed by atoms with Gasteiger partial charge in [0.15, 0.2) is 0 Å². The van der Waals surface area contributed by atoms with Gasteiger partial charge in [0.1, 0.15) is 0 Å². The molecule has 1 atom stereocenters. The minimum Gasteiger partial charge on any atom is -0.0806 e. The zero-order valence-corrected chi connectivity index (χ0v) is 22.0. The molecule has 0 spiro atoms. The fraction of sp³-hybridized carbons (Fsp3) is 0.875. The lowest BCUT2D eigenvalue weighted by molar-refractivity contribution is 0.217. The summed E-state index contributed by atoms with van der Waals surface area (Å²) in [5.41, 5.74) is 1.71. The number of unbranched alkanes of at least 4 members (excludes halogenated alkanes) is 8. The molecule has 184 valence electrons. The summed E-state index contributed by atoms with van der Waals surface area (Å²) < 4.78 is 0. The Hall–Kier alpha value is -0.520. The smallest absolute Gasteiger partial charge is 0.0165 e. The van der Waals surface area contributed by atoms with Crippen LogP contribution in [-0.2, 0) is 0 Å². The van der Waals surface area contributed by atoms with Crippen molar-refractivity contribution in [2.75, 3.05) is 0 Å². The lowest BCUT2D eigenvalue weighted by Crippen LogP contribution is -2.22. The molecule has 0 heteroatoms. The Morgan fingerprint density at radius 2 is 1.16 bits per heavy atom. The largest absolute Gasteiger partial charge is 0.0806 e. The minimum atomic E-state index is 0.851. The molecule has 0 nitrogen and oxygen atoms in total. The molecule has 3 rings (SSSR count). The molecule has 0 aromatic heterocycles. The van der Waals surface area contributed by atoms with Gasteiger partial charge in [0.05, 0.1) is 0 Å². The van der Waals surface area contributed by atoms with Gasteiger partial charge in [-0.15, -0.1) is 0 Å². The van der Waals surface area contributed by atoms with Crippen LogP contribution < -0.4 is 0 Å². The van der Waals surface area contributed by atoms with Crippen molar-refractivity contribution in [3.8, 4) is 0 Å². The summed E-state index contributed by atoms with van der Waals surface area (Å²) in [5.74, 6) is 4.79. The zero-order valence-electron chi connectivity index (χ0n) is 22.0. The Bertz CT molecular complexity index is 524. The lowest BCUT2D eigenvalue weighted by atomic mass is 9.71.